The number of benzene rings is 4. The molecular weight excluding hydrogens is 878 g/mol. The average molecular weight is 936 g/mol. The van der Waals surface area contributed by atoms with Crippen molar-refractivity contribution in [3.8, 4) is 11.5 Å². The summed E-state index contributed by atoms with van der Waals surface area (Å²) in [5.74, 6) is 0.549. The van der Waals surface area contributed by atoms with Crippen LogP contribution < -0.4 is 0 Å². The normalized spacial score (nSPS) is 20.3. The Labute approximate surface area is 366 Å². The van der Waals surface area contributed by atoms with E-state index in [9.17, 15) is 49.7 Å². The van der Waals surface area contributed by atoms with Crippen LogP contribution in [-0.2, 0) is 34.9 Å². The van der Waals surface area contributed by atoms with Crippen LogP contribution in [0.5, 0.6) is 11.5 Å². The van der Waals surface area contributed by atoms with E-state index in [1.165, 1.54) is 11.1 Å². The first-order valence-electron chi connectivity index (χ1n) is 20.0. The van der Waals surface area contributed by atoms with Crippen molar-refractivity contribution < 1.29 is 68.1 Å². The first-order valence-corrected chi connectivity index (χ1v) is 22.5. The minimum atomic E-state index is -6.97. The smallest absolute Gasteiger partial charge is 0.333 e. The maximum absolute atomic E-state index is 12.1. The van der Waals surface area contributed by atoms with Gasteiger partial charge < -0.3 is 5.11 Å². The zero-order valence-corrected chi connectivity index (χ0v) is 38.6. The Balaban J connectivity index is 0.000000535. The van der Waals surface area contributed by atoms with Gasteiger partial charge in [-0.25, -0.2) is 4.39 Å². The molecule has 4 aromatic rings. The van der Waals surface area contributed by atoms with E-state index in [1.807, 2.05) is 24.6 Å². The van der Waals surface area contributed by atoms with Gasteiger partial charge in [0.05, 0.1) is 0 Å². The van der Waals surface area contributed by atoms with Crippen molar-refractivity contribution in [1.29, 1.82) is 0 Å². The van der Waals surface area contributed by atoms with Crippen LogP contribution in [0.2, 0.25) is 0 Å². The predicted octanol–water partition coefficient (Wildman–Crippen LogP) is 13.7. The Hall–Kier alpha value is -4.33. The molecule has 15 heteroatoms. The molecule has 4 aromatic carbocycles. The molecule has 0 saturated carbocycles. The molecule has 5 nitrogen and oxygen atoms in total. The van der Waals surface area contributed by atoms with Crippen LogP contribution in [0.4, 0.5) is 39.5 Å². The zero-order valence-electron chi connectivity index (χ0n) is 37.4. The molecule has 0 aromatic heterocycles. The third-order valence-electron chi connectivity index (χ3n) is 10.6. The summed E-state index contributed by atoms with van der Waals surface area (Å²) in [6.45, 7) is 26.0. The summed E-state index contributed by atoms with van der Waals surface area (Å²) in [6.07, 6.45) is -16.7. The molecule has 0 spiro atoms. The second-order valence-corrected chi connectivity index (χ2v) is 23.7. The number of aliphatic hydroxyl groups is 1. The molecule has 0 radical (unpaired) electrons. The standard InChI is InChI=1S/2C15H22NO.C14H12.C4HF9O.Mn/c2*1-14(2,3)11-7-10(9-16)13(17)12(8-11)15(4,5)6;1-3-7-13(8-4-1)11-12-14-9-5-2-6-10-14;5-1(2(6,7)8,3(9,10)11)4(12,13)14;/h2*7-9,17H,1-6H3;1-12H;14H;/q2*-1;;;+2. The molecule has 0 aliphatic carbocycles. The van der Waals surface area contributed by atoms with Crippen molar-refractivity contribution in [2.45, 2.75) is 139 Å². The first-order chi connectivity index (χ1) is 28.4. The van der Waals surface area contributed by atoms with Crippen molar-refractivity contribution in [3.63, 3.8) is 0 Å². The molecule has 63 heavy (non-hydrogen) atoms. The minimum Gasteiger partial charge on any atom is -0.333 e. The average Bonchev–Trinajstić information content (AvgIpc) is 3.79. The Morgan fingerprint density at radius 2 is 0.778 bits per heavy atom. The number of aromatic hydroxyl groups is 2. The monoisotopic (exact) mass is 935 g/mol. The number of rotatable bonds is 7. The molecule has 0 amide bonds. The molecular formula is C48H57F9MnN2O3. The second kappa shape index (κ2) is 17.2. The quantitative estimate of drug-likeness (QED) is 0.0980. The van der Waals surface area contributed by atoms with Gasteiger partial charge in [0.15, 0.2) is 0 Å². The van der Waals surface area contributed by atoms with Crippen LogP contribution in [0, 0.1) is 0 Å². The SMILES string of the molecule is CC(C)(C)c1cc(C=[N][Mn]2([N]=Cc3cc(C(C)(C)C)cc(C(C)(C)C)c3O)[C@H](c3ccccc3)[C@H]2c2ccccc2)c(O)c(C(C)(C)C)c1.OC(F)(F)C(F)(C(F)(F)F)C(F)(F)F. The number of nitrogens with zero attached hydrogens (tertiary/aromatic N) is 2. The zero-order chi connectivity index (χ0) is 48.2. The van der Waals surface area contributed by atoms with Gasteiger partial charge in [0.2, 0.25) is 0 Å². The Kier molecular flexibility index (Phi) is 14.0. The topological polar surface area (TPSA) is 85.4 Å². The summed E-state index contributed by atoms with van der Waals surface area (Å²) in [6, 6.07) is 29.7. The Morgan fingerprint density at radius 1 is 0.476 bits per heavy atom. The summed E-state index contributed by atoms with van der Waals surface area (Å²) in [4.78, 5) is 0.186. The van der Waals surface area contributed by atoms with Crippen molar-refractivity contribution in [3.05, 3.63) is 129 Å². The summed E-state index contributed by atoms with van der Waals surface area (Å²) in [5.41, 5.74) is 0.322. The predicted molar refractivity (Wildman–Crippen MR) is 228 cm³/mol. The van der Waals surface area contributed by atoms with Gasteiger partial charge in [-0.05, 0) is 0 Å². The fourth-order valence-corrected chi connectivity index (χ4v) is 11.9. The molecule has 1 heterocycles. The fraction of sp³-hybridized carbons (Fsp3) is 0.458. The largest absolute Gasteiger partial charge is 0.440 e. The fourth-order valence-electron chi connectivity index (χ4n) is 6.79. The van der Waals surface area contributed by atoms with Crippen LogP contribution >= 0.6 is 0 Å². The Bertz CT molecular complexity index is 2120. The van der Waals surface area contributed by atoms with E-state index in [4.69, 9.17) is 13.1 Å². The van der Waals surface area contributed by atoms with Crippen LogP contribution in [-0.4, -0.2) is 51.9 Å². The van der Waals surface area contributed by atoms with Crippen LogP contribution in [0.25, 0.3) is 0 Å². The number of hydrogen-bond donors (Lipinski definition) is 3. The van der Waals surface area contributed by atoms with Gasteiger partial charge in [-0.2, -0.15) is 35.1 Å². The van der Waals surface area contributed by atoms with Gasteiger partial charge in [0.25, 0.3) is 0 Å². The summed E-state index contributed by atoms with van der Waals surface area (Å²) < 4.78 is 114. The molecule has 1 aliphatic rings. The van der Waals surface area contributed by atoms with E-state index in [2.05, 4.69) is 156 Å². The van der Waals surface area contributed by atoms with Gasteiger partial charge in [-0.15, -0.1) is 0 Å². The molecule has 0 unspecified atom stereocenters. The molecule has 3 N–H and O–H groups in total. The van der Waals surface area contributed by atoms with Gasteiger partial charge >= 0.3 is 323 Å². The molecule has 1 fully saturated rings. The third kappa shape index (κ3) is 10.8. The summed E-state index contributed by atoms with van der Waals surface area (Å²) >= 11 is -2.97. The van der Waals surface area contributed by atoms with Crippen molar-refractivity contribution in [2.75, 3.05) is 0 Å². The van der Waals surface area contributed by atoms with Crippen molar-refractivity contribution in [1.82, 2.24) is 0 Å². The molecule has 347 valence electrons. The number of hydrogen-bond acceptors (Lipinski definition) is 5. The van der Waals surface area contributed by atoms with Crippen LogP contribution in [0.15, 0.2) is 92.9 Å². The molecule has 1 aliphatic heterocycles. The third-order valence-corrected chi connectivity index (χ3v) is 15.2. The van der Waals surface area contributed by atoms with Crippen molar-refractivity contribution in [2.24, 2.45) is 8.02 Å². The maximum Gasteiger partial charge on any atom is 0.440 e. The molecule has 5 rings (SSSR count). The summed E-state index contributed by atoms with van der Waals surface area (Å²) in [7, 11) is 0. The van der Waals surface area contributed by atoms with E-state index in [1.54, 1.807) is 0 Å². The second-order valence-electron chi connectivity index (χ2n) is 19.8. The van der Waals surface area contributed by atoms with Gasteiger partial charge in [0.1, 0.15) is 0 Å². The van der Waals surface area contributed by atoms with E-state index in [-0.39, 0.29) is 42.8 Å². The summed E-state index contributed by atoms with van der Waals surface area (Å²) in [5, 5.41) is 30.7. The van der Waals surface area contributed by atoms with Crippen LogP contribution in [0.3, 0.4) is 0 Å². The van der Waals surface area contributed by atoms with Gasteiger partial charge in [0, 0.05) is 0 Å². The number of phenols is 2. The number of halogens is 9. The van der Waals surface area contributed by atoms with Crippen LogP contribution in [0.1, 0.15) is 137 Å². The van der Waals surface area contributed by atoms with E-state index >= 15 is 0 Å². The first kappa shape index (κ1) is 51.3. The molecule has 0 bridgehead atoms. The molecule has 2 atom stereocenters. The minimum absolute atomic E-state index is 0.0931. The van der Waals surface area contributed by atoms with E-state index in [0.717, 1.165) is 33.4 Å². The van der Waals surface area contributed by atoms with Gasteiger partial charge in [-0.3, -0.25) is 0 Å². The maximum atomic E-state index is 12.1. The van der Waals surface area contributed by atoms with Gasteiger partial charge in [-0.1, -0.05) is 0 Å². The number of phenolic OH excluding ortho intramolecular Hbond substituents is 2. The van der Waals surface area contributed by atoms with E-state index in [0.29, 0.717) is 0 Å². The van der Waals surface area contributed by atoms with E-state index < -0.39 is 37.4 Å². The number of alkyl halides is 9. The molecule has 1 saturated heterocycles. The Morgan fingerprint density at radius 3 is 1.00 bits per heavy atom. The van der Waals surface area contributed by atoms with Crippen molar-refractivity contribution >= 4 is 12.4 Å².